The summed E-state index contributed by atoms with van der Waals surface area (Å²) in [5, 5.41) is 6.93. The van der Waals surface area contributed by atoms with Crippen molar-refractivity contribution >= 4 is 0 Å². The Morgan fingerprint density at radius 1 is 1.21 bits per heavy atom. The minimum absolute atomic E-state index is 0.0849. The average molecular weight is 207 g/mol. The molecular weight excluding hydrogens is 197 g/mol. The van der Waals surface area contributed by atoms with Gasteiger partial charge >= 0.3 is 6.18 Å². The number of methoxy groups -OCH3 is 1. The minimum Gasteiger partial charge on any atom is -0.497 e. The van der Waals surface area contributed by atoms with Crippen molar-refractivity contribution in [3.05, 3.63) is 29.8 Å². The Kier molecular flexibility index (Phi) is 3.00. The highest BCUT2D eigenvalue weighted by Gasteiger charge is 2.44. The molecule has 2 nitrogen and oxygen atoms in total. The van der Waals surface area contributed by atoms with Gasteiger partial charge in [-0.15, -0.1) is 0 Å². The molecule has 1 unspecified atom stereocenters. The zero-order valence-corrected chi connectivity index (χ0v) is 7.43. The van der Waals surface area contributed by atoms with Crippen LogP contribution in [0, 0.1) is 0 Å². The van der Waals surface area contributed by atoms with Crippen molar-refractivity contribution in [2.75, 3.05) is 7.11 Å². The van der Waals surface area contributed by atoms with Crippen LogP contribution in [0.5, 0.6) is 5.75 Å². The lowest BCUT2D eigenvalue weighted by Gasteiger charge is -2.10. The van der Waals surface area contributed by atoms with Gasteiger partial charge in [-0.1, -0.05) is 0 Å². The molecule has 0 aliphatic heterocycles. The highest BCUT2D eigenvalue weighted by atomic mass is 19.4. The second-order valence-electron chi connectivity index (χ2n) is 2.75. The summed E-state index contributed by atoms with van der Waals surface area (Å²) in [4.78, 5) is 0. The number of hydrogen-bond donors (Lipinski definition) is 0. The topological polar surface area (TPSA) is 32.1 Å². The number of rotatable bonds is 2. The maximum Gasteiger partial charge on any atom is 0.467 e. The van der Waals surface area contributed by atoms with Gasteiger partial charge in [0.1, 0.15) is 5.75 Å². The van der Waals surface area contributed by atoms with Gasteiger partial charge in [0.05, 0.1) is 7.11 Å². The molecule has 0 saturated carbocycles. The van der Waals surface area contributed by atoms with E-state index < -0.39 is 12.3 Å². The Balaban J connectivity index is 2.87. The van der Waals surface area contributed by atoms with Gasteiger partial charge in [-0.3, -0.25) is 0 Å². The Hall–Kier alpha value is -1.23. The van der Waals surface area contributed by atoms with E-state index in [1.54, 1.807) is 0 Å². The van der Waals surface area contributed by atoms with Crippen LogP contribution in [0.15, 0.2) is 24.3 Å². The van der Waals surface area contributed by atoms with E-state index in [-0.39, 0.29) is 5.56 Å². The normalized spacial score (nSPS) is 13.8. The number of hydrogen-bond acceptors (Lipinski definition) is 1. The predicted molar refractivity (Wildman–Crippen MR) is 45.4 cm³/mol. The van der Waals surface area contributed by atoms with Gasteiger partial charge in [-0.25, -0.2) is 0 Å². The lowest BCUT2D eigenvalue weighted by Crippen LogP contribution is -2.19. The average Bonchev–Trinajstić information content (AvgIpc) is 2.15. The van der Waals surface area contributed by atoms with E-state index in [2.05, 4.69) is 0 Å². The molecule has 0 saturated heterocycles. The summed E-state index contributed by atoms with van der Waals surface area (Å²) in [6.07, 6.45) is -6.71. The second-order valence-corrected chi connectivity index (χ2v) is 2.75. The largest absolute Gasteiger partial charge is 0.497 e. The molecule has 2 N–H and O–H groups in total. The molecule has 0 heterocycles. The summed E-state index contributed by atoms with van der Waals surface area (Å²) in [5.74, 6) is 0.475. The molecule has 1 aromatic carbocycles. The number of alkyl halides is 3. The van der Waals surface area contributed by atoms with Crippen molar-refractivity contribution in [1.29, 1.82) is 0 Å². The summed E-state index contributed by atoms with van der Waals surface area (Å²) in [6.45, 7) is 0. The zero-order valence-electron chi connectivity index (χ0n) is 7.43. The van der Waals surface area contributed by atoms with Crippen molar-refractivity contribution in [2.45, 2.75) is 12.3 Å². The molecule has 0 spiro atoms. The summed E-state index contributed by atoms with van der Waals surface area (Å²) in [5.41, 5.74) is -0.0849. The summed E-state index contributed by atoms with van der Waals surface area (Å²) >= 11 is 0. The maximum absolute atomic E-state index is 12.1. The van der Waals surface area contributed by atoms with Crippen LogP contribution in [0.1, 0.15) is 11.7 Å². The molecule has 0 aliphatic carbocycles. The third kappa shape index (κ3) is 2.38. The second kappa shape index (κ2) is 3.88. The Labute approximate surface area is 78.9 Å². The van der Waals surface area contributed by atoms with Gasteiger partial charge < -0.3 is 9.84 Å². The van der Waals surface area contributed by atoms with Crippen LogP contribution in [0.4, 0.5) is 13.2 Å². The first-order valence-electron chi connectivity index (χ1n) is 3.87. The Morgan fingerprint density at radius 2 is 1.71 bits per heavy atom. The van der Waals surface area contributed by atoms with Crippen molar-refractivity contribution in [1.82, 2.24) is 0 Å². The van der Waals surface area contributed by atoms with E-state index in [9.17, 15) is 13.2 Å². The van der Waals surface area contributed by atoms with Gasteiger partial charge in [0.25, 0.3) is 6.10 Å². The van der Waals surface area contributed by atoms with Gasteiger partial charge in [-0.2, -0.15) is 13.2 Å². The molecule has 1 atom stereocenters. The van der Waals surface area contributed by atoms with Crippen LogP contribution in [0.2, 0.25) is 0 Å². The van der Waals surface area contributed by atoms with Crippen molar-refractivity contribution in [2.24, 2.45) is 0 Å². The van der Waals surface area contributed by atoms with E-state index in [0.717, 1.165) is 0 Å². The molecule has 5 heteroatoms. The highest BCUT2D eigenvalue weighted by Crippen LogP contribution is 2.32. The molecular formula is C9H10F3O2+. The predicted octanol–water partition coefficient (Wildman–Crippen LogP) is 2.02. The Morgan fingerprint density at radius 3 is 2.07 bits per heavy atom. The first kappa shape index (κ1) is 10.8. The van der Waals surface area contributed by atoms with E-state index in [1.165, 1.54) is 31.4 Å². The quantitative estimate of drug-likeness (QED) is 0.683. The van der Waals surface area contributed by atoms with E-state index in [4.69, 9.17) is 9.84 Å². The maximum atomic E-state index is 12.1. The molecule has 0 aliphatic rings. The standard InChI is InChI=1S/C9H9F3O2/c1-14-7-4-2-6(3-5-7)8(13)9(10,11)12/h2-5,8,13H,1H3/p+1. The molecule has 1 rings (SSSR count). The summed E-state index contributed by atoms with van der Waals surface area (Å²) < 4.78 is 41.1. The van der Waals surface area contributed by atoms with Crippen molar-refractivity contribution in [3.63, 3.8) is 0 Å². The van der Waals surface area contributed by atoms with Gasteiger partial charge in [0.2, 0.25) is 0 Å². The van der Waals surface area contributed by atoms with Gasteiger partial charge in [-0.05, 0) is 24.3 Å². The summed E-state index contributed by atoms with van der Waals surface area (Å²) in [7, 11) is 1.43. The van der Waals surface area contributed by atoms with Crippen LogP contribution in [0.3, 0.4) is 0 Å². The zero-order chi connectivity index (χ0) is 10.8. The van der Waals surface area contributed by atoms with Crippen molar-refractivity contribution < 1.29 is 23.0 Å². The molecule has 0 radical (unpaired) electrons. The van der Waals surface area contributed by atoms with Crippen LogP contribution in [-0.2, 0) is 0 Å². The number of benzene rings is 1. The van der Waals surface area contributed by atoms with Crippen LogP contribution >= 0.6 is 0 Å². The summed E-state index contributed by atoms with van der Waals surface area (Å²) in [6, 6.07) is 5.29. The monoisotopic (exact) mass is 207 g/mol. The fraction of sp³-hybridized carbons (Fsp3) is 0.333. The molecule has 14 heavy (non-hydrogen) atoms. The first-order chi connectivity index (χ1) is 6.45. The molecule has 0 aromatic heterocycles. The Bertz CT molecular complexity index is 292. The van der Waals surface area contributed by atoms with E-state index in [1.807, 2.05) is 0 Å². The highest BCUT2D eigenvalue weighted by molar-refractivity contribution is 5.28. The van der Waals surface area contributed by atoms with Crippen LogP contribution in [0.25, 0.3) is 0 Å². The number of halogens is 3. The molecule has 78 valence electrons. The van der Waals surface area contributed by atoms with Crippen LogP contribution < -0.4 is 4.74 Å². The third-order valence-corrected chi connectivity index (χ3v) is 1.78. The van der Waals surface area contributed by atoms with Gasteiger partial charge in [0.15, 0.2) is 0 Å². The molecule has 0 amide bonds. The lowest BCUT2D eigenvalue weighted by atomic mass is 10.1. The first-order valence-corrected chi connectivity index (χ1v) is 3.87. The molecule has 0 bridgehead atoms. The van der Waals surface area contributed by atoms with Crippen molar-refractivity contribution in [3.8, 4) is 5.75 Å². The minimum atomic E-state index is -4.52. The fourth-order valence-electron chi connectivity index (χ4n) is 0.985. The van der Waals surface area contributed by atoms with E-state index >= 15 is 0 Å². The molecule has 0 fully saturated rings. The van der Waals surface area contributed by atoms with E-state index in [0.29, 0.717) is 5.75 Å². The molecule has 1 aromatic rings. The smallest absolute Gasteiger partial charge is 0.467 e. The third-order valence-electron chi connectivity index (χ3n) is 1.78. The SMILES string of the molecule is COc1ccc(C([OH2+])C(F)(F)F)cc1. The lowest BCUT2D eigenvalue weighted by molar-refractivity contribution is -0.206. The number of ether oxygens (including phenoxy) is 1. The fourth-order valence-corrected chi connectivity index (χ4v) is 0.985. The van der Waals surface area contributed by atoms with Crippen LogP contribution in [-0.4, -0.2) is 18.4 Å². The van der Waals surface area contributed by atoms with Gasteiger partial charge in [0, 0.05) is 5.56 Å².